The number of ether oxygens (including phenoxy) is 1. The summed E-state index contributed by atoms with van der Waals surface area (Å²) in [7, 11) is -3.83. The highest BCUT2D eigenvalue weighted by Crippen LogP contribution is 2.31. The van der Waals surface area contributed by atoms with Crippen LogP contribution in [0.1, 0.15) is 45.5 Å². The van der Waals surface area contributed by atoms with Crippen molar-refractivity contribution >= 4 is 21.9 Å². The highest BCUT2D eigenvalue weighted by atomic mass is 32.2. The van der Waals surface area contributed by atoms with Gasteiger partial charge in [0, 0.05) is 12.1 Å². The zero-order valence-corrected chi connectivity index (χ0v) is 18.2. The Balaban J connectivity index is 1.76. The second-order valence-electron chi connectivity index (χ2n) is 7.67. The molecule has 1 saturated heterocycles. The minimum absolute atomic E-state index is 0.00908. The first kappa shape index (κ1) is 22.0. The summed E-state index contributed by atoms with van der Waals surface area (Å²) in [5, 5.41) is 0. The average molecular weight is 431 g/mol. The molecule has 0 aromatic heterocycles. The summed E-state index contributed by atoms with van der Waals surface area (Å²) in [5.74, 6) is -1.11. The lowest BCUT2D eigenvalue weighted by molar-refractivity contribution is -0.148. The van der Waals surface area contributed by atoms with Gasteiger partial charge in [-0.1, -0.05) is 29.8 Å². The van der Waals surface area contributed by atoms with Crippen LogP contribution in [0.25, 0.3) is 0 Å². The van der Waals surface area contributed by atoms with Crippen LogP contribution in [0, 0.1) is 20.8 Å². The molecule has 160 valence electrons. The Kier molecular flexibility index (Phi) is 6.28. The number of aryl methyl sites for hydroxylation is 3. The van der Waals surface area contributed by atoms with Gasteiger partial charge < -0.3 is 10.5 Å². The second-order valence-corrected chi connectivity index (χ2v) is 9.50. The van der Waals surface area contributed by atoms with Gasteiger partial charge in [-0.15, -0.1) is 0 Å². The number of carbonyl (C=O) groups excluding carboxylic acids is 2. The zero-order chi connectivity index (χ0) is 22.1. The lowest BCUT2D eigenvalue weighted by atomic mass is 10.1. The molecule has 0 radical (unpaired) electrons. The number of esters is 1. The largest absolute Gasteiger partial charge is 0.460 e. The number of rotatable bonds is 6. The van der Waals surface area contributed by atoms with Crippen molar-refractivity contribution in [2.45, 2.75) is 51.2 Å². The van der Waals surface area contributed by atoms with Crippen LogP contribution in [0.4, 0.5) is 0 Å². The number of primary amides is 1. The maximum absolute atomic E-state index is 13.4. The Morgan fingerprint density at radius 3 is 2.27 bits per heavy atom. The van der Waals surface area contributed by atoms with E-state index in [2.05, 4.69) is 0 Å². The molecule has 3 rings (SSSR count). The summed E-state index contributed by atoms with van der Waals surface area (Å²) >= 11 is 0. The van der Waals surface area contributed by atoms with Crippen molar-refractivity contribution in [3.05, 3.63) is 64.2 Å². The lowest BCUT2D eigenvalue weighted by Crippen LogP contribution is -2.41. The van der Waals surface area contributed by atoms with Crippen LogP contribution in [0.2, 0.25) is 0 Å². The van der Waals surface area contributed by atoms with Crippen molar-refractivity contribution in [2.24, 2.45) is 5.73 Å². The Hall–Kier alpha value is -2.71. The van der Waals surface area contributed by atoms with E-state index in [1.54, 1.807) is 38.1 Å². The van der Waals surface area contributed by atoms with Gasteiger partial charge in [0.05, 0.1) is 4.90 Å². The van der Waals surface area contributed by atoms with Crippen molar-refractivity contribution < 1.29 is 22.7 Å². The van der Waals surface area contributed by atoms with E-state index < -0.39 is 27.9 Å². The Bertz CT molecular complexity index is 1050. The van der Waals surface area contributed by atoms with Gasteiger partial charge >= 0.3 is 5.97 Å². The standard InChI is InChI=1S/C22H26N2O5S/c1-14-11-15(2)20(16(3)12-14)30(27,28)24-10-4-5-19(24)22(26)29-13-17-6-8-18(9-7-17)21(23)25/h6-9,11-12,19H,4-5,10,13H2,1-3H3,(H2,23,25). The van der Waals surface area contributed by atoms with Gasteiger partial charge in [0.1, 0.15) is 12.6 Å². The Morgan fingerprint density at radius 2 is 1.70 bits per heavy atom. The van der Waals surface area contributed by atoms with Crippen LogP contribution >= 0.6 is 0 Å². The van der Waals surface area contributed by atoms with Gasteiger partial charge in [0.2, 0.25) is 15.9 Å². The first-order valence-corrected chi connectivity index (χ1v) is 11.2. The van der Waals surface area contributed by atoms with Gasteiger partial charge in [-0.25, -0.2) is 8.42 Å². The van der Waals surface area contributed by atoms with Gasteiger partial charge in [0.25, 0.3) is 0 Å². The molecule has 0 saturated carbocycles. The molecule has 1 heterocycles. The minimum atomic E-state index is -3.83. The maximum atomic E-state index is 13.4. The first-order chi connectivity index (χ1) is 14.1. The number of benzene rings is 2. The lowest BCUT2D eigenvalue weighted by Gasteiger charge is -2.24. The molecule has 1 unspecified atom stereocenters. The maximum Gasteiger partial charge on any atom is 0.324 e. The third-order valence-electron chi connectivity index (χ3n) is 5.27. The number of nitrogens with zero attached hydrogens (tertiary/aromatic N) is 1. The number of hydrogen-bond donors (Lipinski definition) is 1. The third kappa shape index (κ3) is 4.39. The summed E-state index contributed by atoms with van der Waals surface area (Å²) < 4.78 is 33.4. The minimum Gasteiger partial charge on any atom is -0.460 e. The normalized spacial score (nSPS) is 17.1. The monoisotopic (exact) mass is 430 g/mol. The Morgan fingerprint density at radius 1 is 1.10 bits per heavy atom. The topological polar surface area (TPSA) is 107 Å². The summed E-state index contributed by atoms with van der Waals surface area (Å²) in [5.41, 5.74) is 8.59. The molecule has 0 bridgehead atoms. The molecule has 0 aliphatic carbocycles. The van der Waals surface area contributed by atoms with E-state index in [1.807, 2.05) is 19.1 Å². The molecule has 2 aromatic carbocycles. The highest BCUT2D eigenvalue weighted by molar-refractivity contribution is 7.89. The first-order valence-electron chi connectivity index (χ1n) is 9.76. The molecule has 30 heavy (non-hydrogen) atoms. The zero-order valence-electron chi connectivity index (χ0n) is 17.3. The predicted molar refractivity (Wildman–Crippen MR) is 112 cm³/mol. The van der Waals surface area contributed by atoms with Gasteiger partial charge in [0.15, 0.2) is 0 Å². The fourth-order valence-electron chi connectivity index (χ4n) is 3.97. The molecule has 7 nitrogen and oxygen atoms in total. The summed E-state index contributed by atoms with van der Waals surface area (Å²) in [6.07, 6.45) is 1.01. The van der Waals surface area contributed by atoms with Crippen LogP contribution in [-0.2, 0) is 26.2 Å². The van der Waals surface area contributed by atoms with Crippen LogP contribution in [0.3, 0.4) is 0 Å². The van der Waals surface area contributed by atoms with E-state index in [1.165, 1.54) is 4.31 Å². The smallest absolute Gasteiger partial charge is 0.324 e. The van der Waals surface area contributed by atoms with Crippen LogP contribution in [0.15, 0.2) is 41.3 Å². The van der Waals surface area contributed by atoms with Crippen LogP contribution in [0.5, 0.6) is 0 Å². The van der Waals surface area contributed by atoms with E-state index in [0.717, 1.165) is 5.56 Å². The summed E-state index contributed by atoms with van der Waals surface area (Å²) in [6, 6.07) is 9.23. The van der Waals surface area contributed by atoms with Crippen molar-refractivity contribution in [3.63, 3.8) is 0 Å². The van der Waals surface area contributed by atoms with Crippen molar-refractivity contribution in [1.82, 2.24) is 4.31 Å². The molecule has 0 spiro atoms. The molecular weight excluding hydrogens is 404 g/mol. The molecule has 1 aliphatic heterocycles. The SMILES string of the molecule is Cc1cc(C)c(S(=O)(=O)N2CCCC2C(=O)OCc2ccc(C(N)=O)cc2)c(C)c1. The number of hydrogen-bond acceptors (Lipinski definition) is 5. The second kappa shape index (κ2) is 8.57. The highest BCUT2D eigenvalue weighted by Gasteiger charge is 2.41. The van der Waals surface area contributed by atoms with Crippen molar-refractivity contribution in [3.8, 4) is 0 Å². The number of carbonyl (C=O) groups is 2. The number of sulfonamides is 1. The van der Waals surface area contributed by atoms with E-state index in [4.69, 9.17) is 10.5 Å². The van der Waals surface area contributed by atoms with E-state index in [-0.39, 0.29) is 18.0 Å². The molecule has 1 atom stereocenters. The number of amides is 1. The molecule has 8 heteroatoms. The molecule has 1 fully saturated rings. The summed E-state index contributed by atoms with van der Waals surface area (Å²) in [4.78, 5) is 24.1. The van der Waals surface area contributed by atoms with E-state index in [9.17, 15) is 18.0 Å². The van der Waals surface area contributed by atoms with Crippen LogP contribution < -0.4 is 5.73 Å². The molecular formula is C22H26N2O5S. The molecule has 2 N–H and O–H groups in total. The molecule has 2 aromatic rings. The number of nitrogens with two attached hydrogens (primary N) is 1. The Labute approximate surface area is 176 Å². The van der Waals surface area contributed by atoms with E-state index in [0.29, 0.717) is 35.1 Å². The fraction of sp³-hybridized carbons (Fsp3) is 0.364. The van der Waals surface area contributed by atoms with Crippen molar-refractivity contribution in [1.29, 1.82) is 0 Å². The fourth-order valence-corrected chi connectivity index (χ4v) is 6.03. The quantitative estimate of drug-likeness (QED) is 0.709. The van der Waals surface area contributed by atoms with Gasteiger partial charge in [-0.3, -0.25) is 9.59 Å². The molecule has 1 aliphatic rings. The molecule has 1 amide bonds. The average Bonchev–Trinajstić information content (AvgIpc) is 3.16. The third-order valence-corrected chi connectivity index (χ3v) is 7.48. The van der Waals surface area contributed by atoms with Crippen molar-refractivity contribution in [2.75, 3.05) is 6.54 Å². The van der Waals surface area contributed by atoms with Gasteiger partial charge in [-0.2, -0.15) is 4.31 Å². The van der Waals surface area contributed by atoms with Gasteiger partial charge in [-0.05, 0) is 62.4 Å². The summed E-state index contributed by atoms with van der Waals surface area (Å²) in [6.45, 7) is 5.73. The van der Waals surface area contributed by atoms with E-state index >= 15 is 0 Å². The van der Waals surface area contributed by atoms with Crippen LogP contribution in [-0.4, -0.2) is 37.2 Å². The predicted octanol–water partition coefficient (Wildman–Crippen LogP) is 2.61.